The van der Waals surface area contributed by atoms with Gasteiger partial charge in [0.25, 0.3) is 0 Å². The van der Waals surface area contributed by atoms with E-state index in [9.17, 15) is 12.8 Å². The molecule has 0 radical (unpaired) electrons. The number of methoxy groups -OCH3 is 1. The largest absolute Gasteiger partial charge is 0.495 e. The Labute approximate surface area is 151 Å². The summed E-state index contributed by atoms with van der Waals surface area (Å²) in [6.45, 7) is 2.46. The quantitative estimate of drug-likeness (QED) is 0.852. The van der Waals surface area contributed by atoms with Crippen LogP contribution in [-0.2, 0) is 23.1 Å². The zero-order valence-electron chi connectivity index (χ0n) is 14.4. The highest BCUT2D eigenvalue weighted by Crippen LogP contribution is 2.38. The zero-order valence-corrected chi connectivity index (χ0v) is 15.2. The highest BCUT2D eigenvalue weighted by molar-refractivity contribution is 7.89. The van der Waals surface area contributed by atoms with E-state index in [1.54, 1.807) is 0 Å². The Morgan fingerprint density at radius 2 is 2.15 bits per heavy atom. The number of nitrogens with one attached hydrogen (secondary N) is 1. The number of sulfonamides is 1. The fourth-order valence-electron chi connectivity index (χ4n) is 3.63. The highest BCUT2D eigenvalue weighted by atomic mass is 32.2. The van der Waals surface area contributed by atoms with Crippen molar-refractivity contribution in [2.24, 2.45) is 0 Å². The fraction of sp³-hybridized carbons (Fsp3) is 0.500. The lowest BCUT2D eigenvalue weighted by atomic mass is 10.2. The van der Waals surface area contributed by atoms with Gasteiger partial charge in [-0.15, -0.1) is 10.2 Å². The molecule has 0 amide bonds. The topological polar surface area (TPSA) is 89.4 Å². The van der Waals surface area contributed by atoms with E-state index in [-0.39, 0.29) is 10.6 Å². The second-order valence-electron chi connectivity index (χ2n) is 6.37. The average molecular weight is 381 g/mol. The summed E-state index contributed by atoms with van der Waals surface area (Å²) in [5.74, 6) is 0.965. The number of benzene rings is 1. The minimum atomic E-state index is -3.93. The molecule has 3 heterocycles. The molecule has 0 bridgehead atoms. The van der Waals surface area contributed by atoms with E-state index in [1.165, 1.54) is 23.5 Å². The van der Waals surface area contributed by atoms with Crippen molar-refractivity contribution in [1.29, 1.82) is 0 Å². The van der Waals surface area contributed by atoms with Crippen LogP contribution in [0.25, 0.3) is 0 Å². The molecule has 1 N–H and O–H groups in total. The standard InChI is InChI=1S/C16H20FN5O3S/c1-25-13-5-4-11(17)9-14(13)26(23,24)22-7-2-3-12(22)16-20-19-15-10-18-6-8-21(15)16/h4-5,9,12,18H,2-3,6-8,10H2,1H3/t12-/m0/s1. The van der Waals surface area contributed by atoms with Gasteiger partial charge in [-0.05, 0) is 31.0 Å². The van der Waals surface area contributed by atoms with Crippen LogP contribution in [-0.4, -0.2) is 47.7 Å². The van der Waals surface area contributed by atoms with Crippen LogP contribution in [0.15, 0.2) is 23.1 Å². The molecule has 140 valence electrons. The predicted octanol–water partition coefficient (Wildman–Crippen LogP) is 1.05. The SMILES string of the molecule is COc1ccc(F)cc1S(=O)(=O)N1CCC[C@H]1c1nnc2n1CCNC2. The van der Waals surface area contributed by atoms with E-state index in [4.69, 9.17) is 4.74 Å². The van der Waals surface area contributed by atoms with E-state index in [0.29, 0.717) is 38.3 Å². The monoisotopic (exact) mass is 381 g/mol. The molecule has 1 aromatic heterocycles. The minimum absolute atomic E-state index is 0.129. The lowest BCUT2D eigenvalue weighted by Gasteiger charge is -2.26. The molecule has 1 saturated heterocycles. The molecule has 26 heavy (non-hydrogen) atoms. The summed E-state index contributed by atoms with van der Waals surface area (Å²) < 4.78 is 48.7. The molecule has 0 saturated carbocycles. The molecule has 1 fully saturated rings. The molecule has 4 rings (SSSR count). The summed E-state index contributed by atoms with van der Waals surface area (Å²) in [6, 6.07) is 3.11. The number of aromatic nitrogens is 3. The van der Waals surface area contributed by atoms with Crippen molar-refractivity contribution in [3.05, 3.63) is 35.7 Å². The number of halogens is 1. The van der Waals surface area contributed by atoms with Crippen LogP contribution in [0.3, 0.4) is 0 Å². The van der Waals surface area contributed by atoms with Gasteiger partial charge in [-0.2, -0.15) is 4.31 Å². The third-order valence-electron chi connectivity index (χ3n) is 4.87. The molecule has 1 aromatic carbocycles. The second kappa shape index (κ2) is 6.60. The average Bonchev–Trinajstić information content (AvgIpc) is 3.28. The number of hydrogen-bond donors (Lipinski definition) is 1. The Morgan fingerprint density at radius 3 is 2.96 bits per heavy atom. The normalized spacial score (nSPS) is 20.9. The van der Waals surface area contributed by atoms with Crippen LogP contribution in [0.2, 0.25) is 0 Å². The maximum Gasteiger partial charge on any atom is 0.247 e. The minimum Gasteiger partial charge on any atom is -0.495 e. The summed E-state index contributed by atoms with van der Waals surface area (Å²) >= 11 is 0. The molecule has 8 nitrogen and oxygen atoms in total. The molecule has 0 unspecified atom stereocenters. The summed E-state index contributed by atoms with van der Waals surface area (Å²) in [4.78, 5) is -0.160. The maximum absolute atomic E-state index is 13.7. The first-order valence-electron chi connectivity index (χ1n) is 8.50. The molecule has 2 aliphatic heterocycles. The van der Waals surface area contributed by atoms with Gasteiger partial charge in [0.2, 0.25) is 10.0 Å². The lowest BCUT2D eigenvalue weighted by Crippen LogP contribution is -2.34. The van der Waals surface area contributed by atoms with E-state index in [0.717, 1.165) is 18.4 Å². The molecule has 2 aromatic rings. The highest BCUT2D eigenvalue weighted by Gasteiger charge is 2.40. The van der Waals surface area contributed by atoms with Crippen molar-refractivity contribution in [1.82, 2.24) is 24.4 Å². The lowest BCUT2D eigenvalue weighted by molar-refractivity contribution is 0.358. The first kappa shape index (κ1) is 17.4. The third kappa shape index (κ3) is 2.78. The Kier molecular flexibility index (Phi) is 4.41. The van der Waals surface area contributed by atoms with Crippen LogP contribution in [0, 0.1) is 5.82 Å². The van der Waals surface area contributed by atoms with Gasteiger partial charge in [-0.1, -0.05) is 0 Å². The summed E-state index contributed by atoms with van der Waals surface area (Å²) in [7, 11) is -2.56. The second-order valence-corrected chi connectivity index (χ2v) is 8.23. The molecule has 2 aliphatic rings. The first-order valence-corrected chi connectivity index (χ1v) is 9.94. The van der Waals surface area contributed by atoms with Crippen molar-refractivity contribution in [3.63, 3.8) is 0 Å². The maximum atomic E-state index is 13.7. The number of nitrogens with zero attached hydrogens (tertiary/aromatic N) is 4. The molecular formula is C16H20FN5O3S. The smallest absolute Gasteiger partial charge is 0.247 e. The predicted molar refractivity (Wildman–Crippen MR) is 90.5 cm³/mol. The number of ether oxygens (including phenoxy) is 1. The van der Waals surface area contributed by atoms with Gasteiger partial charge in [-0.3, -0.25) is 0 Å². The summed E-state index contributed by atoms with van der Waals surface area (Å²) in [6.07, 6.45) is 1.37. The molecular weight excluding hydrogens is 361 g/mol. The number of hydrogen-bond acceptors (Lipinski definition) is 6. The van der Waals surface area contributed by atoms with Gasteiger partial charge >= 0.3 is 0 Å². The zero-order chi connectivity index (χ0) is 18.3. The number of rotatable bonds is 4. The van der Waals surface area contributed by atoms with E-state index in [2.05, 4.69) is 15.5 Å². The molecule has 1 atom stereocenters. The number of fused-ring (bicyclic) bond motifs is 1. The van der Waals surface area contributed by atoms with Crippen molar-refractivity contribution >= 4 is 10.0 Å². The van der Waals surface area contributed by atoms with Crippen LogP contribution in [0.1, 0.15) is 30.5 Å². The van der Waals surface area contributed by atoms with Crippen molar-refractivity contribution < 1.29 is 17.5 Å². The molecule has 10 heteroatoms. The van der Waals surface area contributed by atoms with Crippen molar-refractivity contribution in [3.8, 4) is 5.75 Å². The van der Waals surface area contributed by atoms with Gasteiger partial charge in [0, 0.05) is 19.6 Å². The van der Waals surface area contributed by atoms with Crippen LogP contribution in [0.4, 0.5) is 4.39 Å². The Bertz CT molecular complexity index is 930. The summed E-state index contributed by atoms with van der Waals surface area (Å²) in [5.41, 5.74) is 0. The van der Waals surface area contributed by atoms with E-state index >= 15 is 0 Å². The van der Waals surface area contributed by atoms with Crippen molar-refractivity contribution in [2.75, 3.05) is 20.2 Å². The van der Waals surface area contributed by atoms with Gasteiger partial charge in [0.1, 0.15) is 22.3 Å². The van der Waals surface area contributed by atoms with E-state index < -0.39 is 21.9 Å². The van der Waals surface area contributed by atoms with Crippen molar-refractivity contribution in [2.45, 2.75) is 36.9 Å². The van der Waals surface area contributed by atoms with E-state index in [1.807, 2.05) is 4.57 Å². The van der Waals surface area contributed by atoms with Crippen LogP contribution in [0.5, 0.6) is 5.75 Å². The molecule has 0 aliphatic carbocycles. The van der Waals surface area contributed by atoms with Gasteiger partial charge in [-0.25, -0.2) is 12.8 Å². The first-order chi connectivity index (χ1) is 12.5. The van der Waals surface area contributed by atoms with Gasteiger partial charge in [0.15, 0.2) is 5.82 Å². The Balaban J connectivity index is 1.75. The Hall–Kier alpha value is -2.04. The molecule has 0 spiro atoms. The third-order valence-corrected chi connectivity index (χ3v) is 6.79. The fourth-order valence-corrected chi connectivity index (χ4v) is 5.45. The van der Waals surface area contributed by atoms with Crippen LogP contribution < -0.4 is 10.1 Å². The van der Waals surface area contributed by atoms with Crippen LogP contribution >= 0.6 is 0 Å². The Morgan fingerprint density at radius 1 is 1.31 bits per heavy atom. The summed E-state index contributed by atoms with van der Waals surface area (Å²) in [5, 5.41) is 11.7. The van der Waals surface area contributed by atoms with Gasteiger partial charge < -0.3 is 14.6 Å². The van der Waals surface area contributed by atoms with Gasteiger partial charge in [0.05, 0.1) is 19.7 Å².